The molecule has 3 heterocycles. The average Bonchev–Trinajstić information content (AvgIpc) is 3.34. The van der Waals surface area contributed by atoms with Crippen molar-refractivity contribution in [3.05, 3.63) is 87.0 Å². The number of alkyl halides is 6. The van der Waals surface area contributed by atoms with Gasteiger partial charge in [0.1, 0.15) is 16.5 Å². The number of benzene rings is 2. The normalized spacial score (nSPS) is 16.1. The molecule has 2 aromatic carbocycles. The van der Waals surface area contributed by atoms with E-state index in [1.165, 1.54) is 15.3 Å². The highest BCUT2D eigenvalue weighted by atomic mass is 32.1. The average molecular weight is 605 g/mol. The number of halogens is 6. The highest BCUT2D eigenvalue weighted by Gasteiger charge is 2.38. The Morgan fingerprint density at radius 2 is 1.48 bits per heavy atom. The third-order valence-electron chi connectivity index (χ3n) is 7.75. The second kappa shape index (κ2) is 10.9. The molecular weight excluding hydrogens is 578 g/mol. The van der Waals surface area contributed by atoms with Gasteiger partial charge in [0.25, 0.3) is 5.91 Å². The summed E-state index contributed by atoms with van der Waals surface area (Å²) in [5.41, 5.74) is -1.32. The maximum atomic E-state index is 13.4. The minimum absolute atomic E-state index is 0.0314. The largest absolute Gasteiger partial charge is 0.416 e. The van der Waals surface area contributed by atoms with Crippen molar-refractivity contribution in [3.63, 3.8) is 0 Å². The topological polar surface area (TPSA) is 49.3 Å². The van der Waals surface area contributed by atoms with Gasteiger partial charge >= 0.3 is 12.4 Å². The standard InChI is InChI=1S/C30H26F6N4OS/c31-29(32,33)20-15-19(16-21(17-20)30(34,35)36)28(41)40-12-10-39(11-13-40)26-25-22-8-4-5-9-23(22)42-27(25)38-24(37-26)14-18-6-2-1-3-7-18/h1-3,6-7,15-17H,4-5,8-14H2. The number of piperazine rings is 1. The quantitative estimate of drug-likeness (QED) is 0.232. The van der Waals surface area contributed by atoms with E-state index in [2.05, 4.69) is 4.90 Å². The first-order valence-corrected chi connectivity index (χ1v) is 14.5. The summed E-state index contributed by atoms with van der Waals surface area (Å²) < 4.78 is 80.2. The van der Waals surface area contributed by atoms with Crippen molar-refractivity contribution in [2.24, 2.45) is 0 Å². The minimum Gasteiger partial charge on any atom is -0.352 e. The summed E-state index contributed by atoms with van der Waals surface area (Å²) in [6.07, 6.45) is -5.39. The van der Waals surface area contributed by atoms with Gasteiger partial charge in [0, 0.05) is 43.0 Å². The van der Waals surface area contributed by atoms with Crippen LogP contribution in [0.2, 0.25) is 0 Å². The Bertz CT molecular complexity index is 1590. The van der Waals surface area contributed by atoms with E-state index >= 15 is 0 Å². The monoisotopic (exact) mass is 604 g/mol. The molecule has 6 rings (SSSR count). The van der Waals surface area contributed by atoms with E-state index in [0.29, 0.717) is 37.5 Å². The molecule has 1 fully saturated rings. The third kappa shape index (κ3) is 5.68. The Balaban J connectivity index is 1.28. The van der Waals surface area contributed by atoms with E-state index in [-0.39, 0.29) is 19.2 Å². The molecule has 42 heavy (non-hydrogen) atoms. The van der Waals surface area contributed by atoms with Crippen LogP contribution in [-0.2, 0) is 31.6 Å². The van der Waals surface area contributed by atoms with Gasteiger partial charge in [-0.2, -0.15) is 26.3 Å². The van der Waals surface area contributed by atoms with Crippen molar-refractivity contribution in [1.29, 1.82) is 0 Å². The van der Waals surface area contributed by atoms with Gasteiger partial charge in [-0.1, -0.05) is 30.3 Å². The van der Waals surface area contributed by atoms with E-state index < -0.39 is 35.0 Å². The lowest BCUT2D eigenvalue weighted by atomic mass is 9.96. The molecule has 1 saturated heterocycles. The molecule has 2 aromatic heterocycles. The number of carbonyl (C=O) groups excluding carboxylic acids is 1. The van der Waals surface area contributed by atoms with Crippen molar-refractivity contribution in [2.75, 3.05) is 31.1 Å². The van der Waals surface area contributed by atoms with E-state index in [9.17, 15) is 31.1 Å². The van der Waals surface area contributed by atoms with E-state index in [0.717, 1.165) is 47.3 Å². The zero-order valence-electron chi connectivity index (χ0n) is 22.4. The van der Waals surface area contributed by atoms with Gasteiger partial charge in [-0.05, 0) is 55.0 Å². The van der Waals surface area contributed by atoms with Crippen molar-refractivity contribution in [2.45, 2.75) is 44.5 Å². The molecule has 0 bridgehead atoms. The van der Waals surface area contributed by atoms with Crippen LogP contribution in [-0.4, -0.2) is 47.0 Å². The molecule has 0 saturated carbocycles. The van der Waals surface area contributed by atoms with Gasteiger partial charge in [-0.15, -0.1) is 11.3 Å². The Morgan fingerprint density at radius 3 is 2.12 bits per heavy atom. The molecule has 4 aromatic rings. The van der Waals surface area contributed by atoms with Gasteiger partial charge in [0.05, 0.1) is 16.5 Å². The predicted molar refractivity (Wildman–Crippen MR) is 148 cm³/mol. The van der Waals surface area contributed by atoms with Crippen LogP contribution in [0.15, 0.2) is 48.5 Å². The van der Waals surface area contributed by atoms with E-state index in [1.807, 2.05) is 30.3 Å². The highest BCUT2D eigenvalue weighted by molar-refractivity contribution is 7.19. The van der Waals surface area contributed by atoms with Crippen LogP contribution in [0.1, 0.15) is 56.2 Å². The van der Waals surface area contributed by atoms with Crippen LogP contribution in [0.5, 0.6) is 0 Å². The smallest absolute Gasteiger partial charge is 0.352 e. The number of amides is 1. The number of anilines is 1. The molecular formula is C30H26F6N4OS. The summed E-state index contributed by atoms with van der Waals surface area (Å²) in [6.45, 7) is 0.918. The first-order chi connectivity index (χ1) is 20.0. The lowest BCUT2D eigenvalue weighted by Gasteiger charge is -2.36. The lowest BCUT2D eigenvalue weighted by molar-refractivity contribution is -0.143. The van der Waals surface area contributed by atoms with E-state index in [1.54, 1.807) is 11.3 Å². The fourth-order valence-electron chi connectivity index (χ4n) is 5.65. The Labute approximate surface area is 241 Å². The van der Waals surface area contributed by atoms with Crippen molar-refractivity contribution in [1.82, 2.24) is 14.9 Å². The van der Waals surface area contributed by atoms with Crippen LogP contribution >= 0.6 is 11.3 Å². The number of fused-ring (bicyclic) bond motifs is 3. The second-order valence-corrected chi connectivity index (χ2v) is 11.7. The van der Waals surface area contributed by atoms with Crippen LogP contribution in [0.4, 0.5) is 32.2 Å². The van der Waals surface area contributed by atoms with Gasteiger partial charge in [0.15, 0.2) is 0 Å². The second-order valence-electron chi connectivity index (χ2n) is 10.6. The number of carbonyl (C=O) groups is 1. The molecule has 2 aliphatic rings. The van der Waals surface area contributed by atoms with E-state index in [4.69, 9.17) is 9.97 Å². The fourth-order valence-corrected chi connectivity index (χ4v) is 6.92. The van der Waals surface area contributed by atoms with Gasteiger partial charge < -0.3 is 9.80 Å². The first-order valence-electron chi connectivity index (χ1n) is 13.7. The van der Waals surface area contributed by atoms with Crippen molar-refractivity contribution in [3.8, 4) is 0 Å². The van der Waals surface area contributed by atoms with Gasteiger partial charge in [-0.3, -0.25) is 4.79 Å². The molecule has 0 atom stereocenters. The summed E-state index contributed by atoms with van der Waals surface area (Å²) in [4.78, 5) is 28.6. The predicted octanol–water partition coefficient (Wildman–Crippen LogP) is 7.16. The summed E-state index contributed by atoms with van der Waals surface area (Å²) in [5, 5.41) is 1.01. The molecule has 0 N–H and O–H groups in total. The number of aryl methyl sites for hydroxylation is 2. The maximum Gasteiger partial charge on any atom is 0.416 e. The summed E-state index contributed by atoms with van der Waals surface area (Å²) in [7, 11) is 0. The SMILES string of the molecule is O=C(c1cc(C(F)(F)F)cc(C(F)(F)F)c1)N1CCN(c2nc(Cc3ccccc3)nc3sc4c(c23)CCCC4)CC1. The van der Waals surface area contributed by atoms with Crippen LogP contribution < -0.4 is 4.90 Å². The number of nitrogens with zero attached hydrogens (tertiary/aromatic N) is 4. The molecule has 12 heteroatoms. The molecule has 0 radical (unpaired) electrons. The number of hydrogen-bond acceptors (Lipinski definition) is 5. The van der Waals surface area contributed by atoms with Crippen molar-refractivity contribution >= 4 is 33.3 Å². The molecule has 1 amide bonds. The number of aromatic nitrogens is 2. The highest BCUT2D eigenvalue weighted by Crippen LogP contribution is 2.41. The van der Waals surface area contributed by atoms with Gasteiger partial charge in [-0.25, -0.2) is 9.97 Å². The van der Waals surface area contributed by atoms with Crippen LogP contribution in [0, 0.1) is 0 Å². The number of hydrogen-bond donors (Lipinski definition) is 0. The maximum absolute atomic E-state index is 13.4. The zero-order chi connectivity index (χ0) is 29.6. The summed E-state index contributed by atoms with van der Waals surface area (Å²) in [5.74, 6) is 0.581. The summed E-state index contributed by atoms with van der Waals surface area (Å²) in [6, 6.07) is 10.9. The van der Waals surface area contributed by atoms with Crippen molar-refractivity contribution < 1.29 is 31.1 Å². The third-order valence-corrected chi connectivity index (χ3v) is 8.93. The van der Waals surface area contributed by atoms with Crippen LogP contribution in [0.3, 0.4) is 0 Å². The minimum atomic E-state index is -5.02. The molecule has 0 unspecified atom stereocenters. The number of rotatable bonds is 4. The van der Waals surface area contributed by atoms with Gasteiger partial charge in [0.2, 0.25) is 0 Å². The Kier molecular flexibility index (Phi) is 7.36. The molecule has 0 spiro atoms. The molecule has 5 nitrogen and oxygen atoms in total. The number of thiophene rings is 1. The lowest BCUT2D eigenvalue weighted by Crippen LogP contribution is -2.49. The fraction of sp³-hybridized carbons (Fsp3) is 0.367. The molecule has 1 aliphatic heterocycles. The molecule has 1 aliphatic carbocycles. The zero-order valence-corrected chi connectivity index (χ0v) is 23.2. The first kappa shape index (κ1) is 28.4. The summed E-state index contributed by atoms with van der Waals surface area (Å²) >= 11 is 1.69. The molecule has 220 valence electrons. The van der Waals surface area contributed by atoms with Crippen LogP contribution in [0.25, 0.3) is 10.2 Å². The Hall–Kier alpha value is -3.67. The Morgan fingerprint density at radius 1 is 0.833 bits per heavy atom.